The average molecular weight is 422 g/mol. The largest absolute Gasteiger partial charge is 0.367 e. The second-order valence-electron chi connectivity index (χ2n) is 7.75. The van der Waals surface area contributed by atoms with Crippen LogP contribution in [0.2, 0.25) is 0 Å². The van der Waals surface area contributed by atoms with Crippen molar-refractivity contribution in [3.63, 3.8) is 0 Å². The molecule has 0 bridgehead atoms. The predicted octanol–water partition coefficient (Wildman–Crippen LogP) is 3.61. The van der Waals surface area contributed by atoms with Crippen molar-refractivity contribution >= 4 is 5.96 Å². The molecule has 1 N–H and O–H groups in total. The van der Waals surface area contributed by atoms with E-state index in [1.165, 1.54) is 17.7 Å². The Kier molecular flexibility index (Phi) is 6.62. The normalized spacial score (nSPS) is 19.5. The Morgan fingerprint density at radius 3 is 2.68 bits per heavy atom. The van der Waals surface area contributed by atoms with E-state index in [0.717, 1.165) is 30.4 Å². The van der Waals surface area contributed by atoms with Crippen LogP contribution in [0.1, 0.15) is 30.0 Å². The van der Waals surface area contributed by atoms with Gasteiger partial charge in [-0.05, 0) is 30.2 Å². The van der Waals surface area contributed by atoms with Crippen LogP contribution in [0, 0.1) is 5.82 Å². The Bertz CT molecular complexity index is 1000. The van der Waals surface area contributed by atoms with E-state index in [-0.39, 0.29) is 18.0 Å². The van der Waals surface area contributed by atoms with E-state index in [4.69, 9.17) is 4.74 Å². The lowest BCUT2D eigenvalue weighted by Gasteiger charge is -2.38. The van der Waals surface area contributed by atoms with Gasteiger partial charge < -0.3 is 19.5 Å². The minimum atomic E-state index is -0.243. The number of guanidine groups is 1. The molecule has 6 nitrogen and oxygen atoms in total. The molecule has 0 aliphatic carbocycles. The minimum absolute atomic E-state index is 0.0300. The lowest BCUT2D eigenvalue weighted by atomic mass is 10.1. The van der Waals surface area contributed by atoms with Crippen molar-refractivity contribution in [2.24, 2.45) is 4.99 Å². The topological polar surface area (TPSA) is 54.7 Å². The lowest BCUT2D eigenvalue weighted by molar-refractivity contribution is -0.0605. The highest BCUT2D eigenvalue weighted by molar-refractivity contribution is 5.80. The van der Waals surface area contributed by atoms with Gasteiger partial charge in [0.25, 0.3) is 0 Å². The van der Waals surface area contributed by atoms with Crippen LogP contribution in [0.4, 0.5) is 4.39 Å². The summed E-state index contributed by atoms with van der Waals surface area (Å²) in [5, 5.41) is 3.45. The van der Waals surface area contributed by atoms with Crippen LogP contribution in [0.15, 0.2) is 72.0 Å². The van der Waals surface area contributed by atoms with E-state index < -0.39 is 0 Å². The second-order valence-corrected chi connectivity index (χ2v) is 7.75. The molecular weight excluding hydrogens is 393 g/mol. The summed E-state index contributed by atoms with van der Waals surface area (Å²) in [5.41, 5.74) is 2.20. The number of rotatable bonds is 5. The molecule has 2 unspecified atom stereocenters. The standard InChI is InChI=1S/C24H28FN5O/c1-18-15-30(17-22(31-18)20-8-10-21(25)11-9-20)24(26-2)28-14-23-27-12-13-29(23)16-19-6-4-3-5-7-19/h3-13,18,22H,14-17H2,1-2H3,(H,26,28). The predicted molar refractivity (Wildman–Crippen MR) is 119 cm³/mol. The molecule has 4 rings (SSSR count). The molecule has 0 radical (unpaired) electrons. The molecule has 2 atom stereocenters. The van der Waals surface area contributed by atoms with Gasteiger partial charge in [-0.2, -0.15) is 0 Å². The van der Waals surface area contributed by atoms with E-state index in [0.29, 0.717) is 13.1 Å². The van der Waals surface area contributed by atoms with E-state index >= 15 is 0 Å². The smallest absolute Gasteiger partial charge is 0.194 e. The van der Waals surface area contributed by atoms with Crippen molar-refractivity contribution < 1.29 is 9.13 Å². The number of benzene rings is 2. The molecule has 0 amide bonds. The zero-order chi connectivity index (χ0) is 21.6. The number of nitrogens with zero attached hydrogens (tertiary/aromatic N) is 4. The zero-order valence-electron chi connectivity index (χ0n) is 17.9. The van der Waals surface area contributed by atoms with Crippen LogP contribution < -0.4 is 5.32 Å². The van der Waals surface area contributed by atoms with Crippen LogP contribution in [0.3, 0.4) is 0 Å². The van der Waals surface area contributed by atoms with Crippen molar-refractivity contribution in [2.75, 3.05) is 20.1 Å². The Morgan fingerprint density at radius 1 is 1.16 bits per heavy atom. The summed E-state index contributed by atoms with van der Waals surface area (Å²) in [6.07, 6.45) is 3.71. The van der Waals surface area contributed by atoms with Gasteiger partial charge in [0.15, 0.2) is 5.96 Å². The molecule has 7 heteroatoms. The molecule has 162 valence electrons. The first-order valence-electron chi connectivity index (χ1n) is 10.5. The Morgan fingerprint density at radius 2 is 1.94 bits per heavy atom. The van der Waals surface area contributed by atoms with Crippen LogP contribution in [-0.2, 0) is 17.8 Å². The van der Waals surface area contributed by atoms with Gasteiger partial charge in [0.2, 0.25) is 0 Å². The second kappa shape index (κ2) is 9.75. The van der Waals surface area contributed by atoms with Gasteiger partial charge in [-0.15, -0.1) is 0 Å². The average Bonchev–Trinajstić information content (AvgIpc) is 3.22. The molecule has 1 aliphatic heterocycles. The van der Waals surface area contributed by atoms with Gasteiger partial charge in [0.05, 0.1) is 19.2 Å². The first kappa shape index (κ1) is 21.1. The van der Waals surface area contributed by atoms with Gasteiger partial charge >= 0.3 is 0 Å². The quantitative estimate of drug-likeness (QED) is 0.505. The fourth-order valence-electron chi connectivity index (χ4n) is 3.91. The molecule has 1 saturated heterocycles. The third-order valence-electron chi connectivity index (χ3n) is 5.42. The highest BCUT2D eigenvalue weighted by Crippen LogP contribution is 2.25. The Balaban J connectivity index is 1.41. The summed E-state index contributed by atoms with van der Waals surface area (Å²) in [6, 6.07) is 16.9. The lowest BCUT2D eigenvalue weighted by Crippen LogP contribution is -2.50. The number of morpholine rings is 1. The van der Waals surface area contributed by atoms with Crippen molar-refractivity contribution in [3.05, 3.63) is 89.8 Å². The summed E-state index contributed by atoms with van der Waals surface area (Å²) >= 11 is 0. The number of nitrogens with one attached hydrogen (secondary N) is 1. The van der Waals surface area contributed by atoms with Crippen LogP contribution in [0.5, 0.6) is 0 Å². The van der Waals surface area contributed by atoms with Crippen molar-refractivity contribution in [2.45, 2.75) is 32.2 Å². The third-order valence-corrected chi connectivity index (χ3v) is 5.42. The summed E-state index contributed by atoms with van der Waals surface area (Å²) in [6.45, 7) is 4.77. The Hall–Kier alpha value is -3.19. The number of hydrogen-bond acceptors (Lipinski definition) is 3. The molecular formula is C24H28FN5O. The van der Waals surface area contributed by atoms with E-state index in [1.807, 2.05) is 37.5 Å². The molecule has 0 saturated carbocycles. The molecule has 2 aromatic carbocycles. The summed E-state index contributed by atoms with van der Waals surface area (Å²) in [4.78, 5) is 11.2. The molecule has 3 aromatic rings. The van der Waals surface area contributed by atoms with Crippen LogP contribution in [0.25, 0.3) is 0 Å². The maximum atomic E-state index is 13.3. The molecule has 2 heterocycles. The summed E-state index contributed by atoms with van der Waals surface area (Å²) in [7, 11) is 1.78. The van der Waals surface area contributed by atoms with Gasteiger partial charge in [-0.25, -0.2) is 9.37 Å². The van der Waals surface area contributed by atoms with E-state index in [1.54, 1.807) is 19.2 Å². The maximum Gasteiger partial charge on any atom is 0.194 e. The zero-order valence-corrected chi connectivity index (χ0v) is 17.9. The highest BCUT2D eigenvalue weighted by Gasteiger charge is 2.28. The minimum Gasteiger partial charge on any atom is -0.367 e. The molecule has 0 spiro atoms. The SMILES string of the molecule is CN=C(NCc1nccn1Cc1ccccc1)N1CC(C)OC(c2ccc(F)cc2)C1. The Labute approximate surface area is 182 Å². The fraction of sp³-hybridized carbons (Fsp3) is 0.333. The first-order valence-corrected chi connectivity index (χ1v) is 10.5. The van der Waals surface area contributed by atoms with E-state index in [9.17, 15) is 4.39 Å². The molecule has 1 aliphatic rings. The van der Waals surface area contributed by atoms with Gasteiger partial charge in [0.1, 0.15) is 17.7 Å². The van der Waals surface area contributed by atoms with E-state index in [2.05, 4.69) is 36.9 Å². The van der Waals surface area contributed by atoms with Gasteiger partial charge in [0, 0.05) is 32.5 Å². The molecule has 31 heavy (non-hydrogen) atoms. The number of halogens is 1. The van der Waals surface area contributed by atoms with Crippen molar-refractivity contribution in [1.29, 1.82) is 0 Å². The van der Waals surface area contributed by atoms with Crippen LogP contribution >= 0.6 is 0 Å². The fourth-order valence-corrected chi connectivity index (χ4v) is 3.91. The number of imidazole rings is 1. The third kappa shape index (κ3) is 5.30. The van der Waals surface area contributed by atoms with Crippen molar-refractivity contribution in [1.82, 2.24) is 19.8 Å². The summed E-state index contributed by atoms with van der Waals surface area (Å²) in [5.74, 6) is 1.51. The number of hydrogen-bond donors (Lipinski definition) is 1. The maximum absolute atomic E-state index is 13.3. The molecule has 1 aromatic heterocycles. The number of aromatic nitrogens is 2. The first-order chi connectivity index (χ1) is 15.1. The highest BCUT2D eigenvalue weighted by atomic mass is 19.1. The van der Waals surface area contributed by atoms with Crippen molar-refractivity contribution in [3.8, 4) is 0 Å². The monoisotopic (exact) mass is 421 g/mol. The summed E-state index contributed by atoms with van der Waals surface area (Å²) < 4.78 is 21.6. The van der Waals surface area contributed by atoms with Gasteiger partial charge in [-0.1, -0.05) is 42.5 Å². The molecule has 1 fully saturated rings. The van der Waals surface area contributed by atoms with Crippen LogP contribution in [-0.4, -0.2) is 46.7 Å². The number of aliphatic imine (C=N–C) groups is 1. The number of ether oxygens (including phenoxy) is 1. The van der Waals surface area contributed by atoms with Gasteiger partial charge in [-0.3, -0.25) is 4.99 Å².